The predicted octanol–water partition coefficient (Wildman–Crippen LogP) is 2.66. The SMILES string of the molecule is CC(C)(C)OC(=O)NC(CC=Cc1ccco1)C(=O)O. The van der Waals surface area contributed by atoms with Crippen molar-refractivity contribution in [2.24, 2.45) is 0 Å². The number of rotatable bonds is 5. The Hall–Kier alpha value is -2.24. The van der Waals surface area contributed by atoms with Gasteiger partial charge in [0.15, 0.2) is 0 Å². The Labute approximate surface area is 117 Å². The molecule has 0 spiro atoms. The third-order valence-electron chi connectivity index (χ3n) is 2.19. The number of aliphatic carboxylic acids is 1. The van der Waals surface area contributed by atoms with Crippen molar-refractivity contribution in [3.63, 3.8) is 0 Å². The molecule has 0 aliphatic rings. The van der Waals surface area contributed by atoms with E-state index in [1.807, 2.05) is 0 Å². The van der Waals surface area contributed by atoms with Crippen molar-refractivity contribution in [1.29, 1.82) is 0 Å². The van der Waals surface area contributed by atoms with E-state index in [9.17, 15) is 9.59 Å². The number of hydrogen-bond donors (Lipinski definition) is 2. The van der Waals surface area contributed by atoms with E-state index in [2.05, 4.69) is 5.32 Å². The number of amides is 1. The van der Waals surface area contributed by atoms with Gasteiger partial charge in [-0.25, -0.2) is 9.59 Å². The second-order valence-corrected chi connectivity index (χ2v) is 5.19. The maximum atomic E-state index is 11.5. The molecule has 110 valence electrons. The fraction of sp³-hybridized carbons (Fsp3) is 0.429. The molecule has 1 atom stereocenters. The molecule has 0 aromatic carbocycles. The van der Waals surface area contributed by atoms with Crippen LogP contribution in [0.15, 0.2) is 28.9 Å². The first-order chi connectivity index (χ1) is 9.28. The number of carboxylic acid groups (broad SMARTS) is 1. The van der Waals surface area contributed by atoms with E-state index in [4.69, 9.17) is 14.3 Å². The van der Waals surface area contributed by atoms with Gasteiger partial charge in [0.25, 0.3) is 0 Å². The van der Waals surface area contributed by atoms with Crippen LogP contribution in [0.3, 0.4) is 0 Å². The van der Waals surface area contributed by atoms with Crippen molar-refractivity contribution in [3.05, 3.63) is 30.2 Å². The summed E-state index contributed by atoms with van der Waals surface area (Å²) in [6.45, 7) is 5.12. The van der Waals surface area contributed by atoms with E-state index in [-0.39, 0.29) is 6.42 Å². The van der Waals surface area contributed by atoms with E-state index in [0.29, 0.717) is 5.76 Å². The largest absolute Gasteiger partial charge is 0.480 e. The lowest BCUT2D eigenvalue weighted by Gasteiger charge is -2.21. The monoisotopic (exact) mass is 281 g/mol. The maximum Gasteiger partial charge on any atom is 0.408 e. The summed E-state index contributed by atoms with van der Waals surface area (Å²) in [6, 6.07) is 2.43. The van der Waals surface area contributed by atoms with Gasteiger partial charge in [-0.1, -0.05) is 6.08 Å². The predicted molar refractivity (Wildman–Crippen MR) is 73.2 cm³/mol. The average Bonchev–Trinajstić information content (AvgIpc) is 2.77. The molecular weight excluding hydrogens is 262 g/mol. The Balaban J connectivity index is 2.53. The van der Waals surface area contributed by atoms with Gasteiger partial charge in [-0.05, 0) is 45.4 Å². The first kappa shape index (κ1) is 15.8. The molecule has 20 heavy (non-hydrogen) atoms. The van der Waals surface area contributed by atoms with E-state index < -0.39 is 23.7 Å². The van der Waals surface area contributed by atoms with Crippen molar-refractivity contribution in [3.8, 4) is 0 Å². The average molecular weight is 281 g/mol. The molecule has 1 heterocycles. The Morgan fingerprint density at radius 2 is 2.20 bits per heavy atom. The minimum absolute atomic E-state index is 0.134. The molecule has 1 aromatic rings. The van der Waals surface area contributed by atoms with Gasteiger partial charge < -0.3 is 19.6 Å². The van der Waals surface area contributed by atoms with Crippen LogP contribution in [0.5, 0.6) is 0 Å². The smallest absolute Gasteiger partial charge is 0.408 e. The highest BCUT2D eigenvalue weighted by atomic mass is 16.6. The van der Waals surface area contributed by atoms with E-state index in [1.165, 1.54) is 6.26 Å². The van der Waals surface area contributed by atoms with Crippen LogP contribution >= 0.6 is 0 Å². The van der Waals surface area contributed by atoms with Crippen LogP contribution in [0.4, 0.5) is 4.79 Å². The zero-order chi connectivity index (χ0) is 15.2. The van der Waals surface area contributed by atoms with Gasteiger partial charge in [0.2, 0.25) is 0 Å². The van der Waals surface area contributed by atoms with Crippen LogP contribution in [-0.2, 0) is 9.53 Å². The second kappa shape index (κ2) is 6.79. The molecule has 1 unspecified atom stereocenters. The van der Waals surface area contributed by atoms with Crippen molar-refractivity contribution in [2.75, 3.05) is 0 Å². The number of carboxylic acids is 1. The van der Waals surface area contributed by atoms with Crippen LogP contribution in [0.2, 0.25) is 0 Å². The molecular formula is C14H19NO5. The molecule has 1 amide bonds. The van der Waals surface area contributed by atoms with Gasteiger partial charge in [0, 0.05) is 0 Å². The van der Waals surface area contributed by atoms with Crippen LogP contribution < -0.4 is 5.32 Å². The lowest BCUT2D eigenvalue weighted by atomic mass is 10.2. The summed E-state index contributed by atoms with van der Waals surface area (Å²) >= 11 is 0. The number of ether oxygens (including phenoxy) is 1. The zero-order valence-corrected chi connectivity index (χ0v) is 11.8. The van der Waals surface area contributed by atoms with Gasteiger partial charge in [0.05, 0.1) is 6.26 Å². The molecule has 6 heteroatoms. The first-order valence-corrected chi connectivity index (χ1v) is 6.20. The van der Waals surface area contributed by atoms with E-state index >= 15 is 0 Å². The first-order valence-electron chi connectivity index (χ1n) is 6.20. The molecule has 0 radical (unpaired) electrons. The molecule has 0 saturated carbocycles. The third kappa shape index (κ3) is 6.08. The molecule has 0 bridgehead atoms. The van der Waals surface area contributed by atoms with Crippen LogP contribution in [0.25, 0.3) is 6.08 Å². The number of alkyl carbamates (subject to hydrolysis) is 1. The molecule has 1 rings (SSSR count). The highest BCUT2D eigenvalue weighted by Gasteiger charge is 2.22. The molecule has 0 aliphatic heterocycles. The lowest BCUT2D eigenvalue weighted by Crippen LogP contribution is -2.43. The van der Waals surface area contributed by atoms with E-state index in [0.717, 1.165) is 0 Å². The summed E-state index contributed by atoms with van der Waals surface area (Å²) in [5.41, 5.74) is -0.669. The van der Waals surface area contributed by atoms with Gasteiger partial charge in [0.1, 0.15) is 17.4 Å². The van der Waals surface area contributed by atoms with Gasteiger partial charge in [-0.3, -0.25) is 0 Å². The molecule has 2 N–H and O–H groups in total. The Morgan fingerprint density at radius 1 is 1.50 bits per heavy atom. The topological polar surface area (TPSA) is 88.8 Å². The third-order valence-corrected chi connectivity index (χ3v) is 2.19. The van der Waals surface area contributed by atoms with Gasteiger partial charge in [-0.2, -0.15) is 0 Å². The number of carbonyl (C=O) groups excluding carboxylic acids is 1. The number of hydrogen-bond acceptors (Lipinski definition) is 4. The Bertz CT molecular complexity index is 470. The quantitative estimate of drug-likeness (QED) is 0.866. The standard InChI is InChI=1S/C14H19NO5/c1-14(2,3)20-13(18)15-11(12(16)17)8-4-6-10-7-5-9-19-10/h4-7,9,11H,8H2,1-3H3,(H,15,18)(H,16,17). The van der Waals surface area contributed by atoms with Gasteiger partial charge >= 0.3 is 12.1 Å². The molecule has 0 saturated heterocycles. The summed E-state index contributed by atoms with van der Waals surface area (Å²) in [7, 11) is 0. The second-order valence-electron chi connectivity index (χ2n) is 5.19. The molecule has 6 nitrogen and oxygen atoms in total. The summed E-state index contributed by atoms with van der Waals surface area (Å²) in [6.07, 6.45) is 4.17. The highest BCUT2D eigenvalue weighted by Crippen LogP contribution is 2.08. The van der Waals surface area contributed by atoms with Crippen LogP contribution in [0.1, 0.15) is 33.0 Å². The van der Waals surface area contributed by atoms with Crippen molar-refractivity contribution in [2.45, 2.75) is 38.8 Å². The van der Waals surface area contributed by atoms with Crippen molar-refractivity contribution < 1.29 is 23.8 Å². The Kier molecular flexibility index (Phi) is 5.37. The van der Waals surface area contributed by atoms with E-state index in [1.54, 1.807) is 45.1 Å². The lowest BCUT2D eigenvalue weighted by molar-refractivity contribution is -0.139. The van der Waals surface area contributed by atoms with Gasteiger partial charge in [-0.15, -0.1) is 0 Å². The summed E-state index contributed by atoms with van der Waals surface area (Å²) in [4.78, 5) is 22.6. The number of nitrogens with one attached hydrogen (secondary N) is 1. The number of carbonyl (C=O) groups is 2. The molecule has 0 aliphatic carbocycles. The van der Waals surface area contributed by atoms with Crippen LogP contribution in [0, 0.1) is 0 Å². The Morgan fingerprint density at radius 3 is 2.70 bits per heavy atom. The van der Waals surface area contributed by atoms with Crippen LogP contribution in [-0.4, -0.2) is 28.8 Å². The molecule has 1 aromatic heterocycles. The number of furan rings is 1. The maximum absolute atomic E-state index is 11.5. The molecule has 0 fully saturated rings. The summed E-state index contributed by atoms with van der Waals surface area (Å²) in [5.74, 6) is -0.508. The summed E-state index contributed by atoms with van der Waals surface area (Å²) in [5, 5.41) is 11.4. The fourth-order valence-electron chi connectivity index (χ4n) is 1.38. The fourth-order valence-corrected chi connectivity index (χ4v) is 1.38. The normalized spacial score (nSPS) is 13.2. The minimum Gasteiger partial charge on any atom is -0.480 e. The minimum atomic E-state index is -1.13. The highest BCUT2D eigenvalue weighted by molar-refractivity contribution is 5.80. The zero-order valence-electron chi connectivity index (χ0n) is 11.8. The summed E-state index contributed by atoms with van der Waals surface area (Å²) < 4.78 is 10.1. The van der Waals surface area contributed by atoms with Crippen molar-refractivity contribution >= 4 is 18.1 Å². The van der Waals surface area contributed by atoms with Crippen molar-refractivity contribution in [1.82, 2.24) is 5.32 Å².